The molecular weight excluding hydrogens is 398 g/mol. The van der Waals surface area contributed by atoms with Crippen LogP contribution in [0.3, 0.4) is 0 Å². The molecule has 0 bridgehead atoms. The zero-order chi connectivity index (χ0) is 21.3. The minimum absolute atomic E-state index is 0.151. The van der Waals surface area contributed by atoms with Crippen molar-refractivity contribution in [1.29, 1.82) is 0 Å². The minimum Gasteiger partial charge on any atom is -0.493 e. The van der Waals surface area contributed by atoms with Gasteiger partial charge in [-0.15, -0.1) is 0 Å². The summed E-state index contributed by atoms with van der Waals surface area (Å²) < 4.78 is 23.5. The first-order valence-electron chi connectivity index (χ1n) is 9.65. The summed E-state index contributed by atoms with van der Waals surface area (Å²) >= 11 is 0. The van der Waals surface area contributed by atoms with Gasteiger partial charge in [0.2, 0.25) is 5.91 Å². The molecule has 3 rings (SSSR count). The molecule has 5 nitrogen and oxygen atoms in total. The molecule has 6 heteroatoms. The summed E-state index contributed by atoms with van der Waals surface area (Å²) in [5.41, 5.74) is 2.65. The fourth-order valence-corrected chi connectivity index (χ4v) is 4.03. The summed E-state index contributed by atoms with van der Waals surface area (Å²) in [5, 5.41) is 2.87. The Morgan fingerprint density at radius 1 is 0.967 bits per heavy atom. The maximum atomic E-state index is 12.5. The average Bonchev–Trinajstić information content (AvgIpc) is 2.75. The highest BCUT2D eigenvalue weighted by molar-refractivity contribution is 7.84. The lowest BCUT2D eigenvalue weighted by Crippen LogP contribution is -2.15. The first-order chi connectivity index (χ1) is 14.5. The van der Waals surface area contributed by atoms with Crippen LogP contribution >= 0.6 is 0 Å². The highest BCUT2D eigenvalue weighted by Crippen LogP contribution is 2.27. The summed E-state index contributed by atoms with van der Waals surface area (Å²) in [6.45, 7) is 2.21. The topological polar surface area (TPSA) is 64.6 Å². The third-order valence-corrected chi connectivity index (χ3v) is 5.81. The molecule has 30 heavy (non-hydrogen) atoms. The molecular formula is C24H25NO4S. The lowest BCUT2D eigenvalue weighted by molar-refractivity contribution is -0.116. The number of carbonyl (C=O) groups is 1. The quantitative estimate of drug-likeness (QED) is 0.541. The van der Waals surface area contributed by atoms with Crippen molar-refractivity contribution in [3.05, 3.63) is 83.9 Å². The smallest absolute Gasteiger partial charge is 0.227 e. The van der Waals surface area contributed by atoms with Gasteiger partial charge in [0.25, 0.3) is 0 Å². The molecule has 3 aromatic carbocycles. The van der Waals surface area contributed by atoms with Crippen LogP contribution in [0.5, 0.6) is 11.5 Å². The van der Waals surface area contributed by atoms with Gasteiger partial charge in [0, 0.05) is 10.6 Å². The van der Waals surface area contributed by atoms with Crippen LogP contribution in [0.15, 0.2) is 77.7 Å². The summed E-state index contributed by atoms with van der Waals surface area (Å²) in [6.07, 6.45) is 0.206. The molecule has 1 amide bonds. The van der Waals surface area contributed by atoms with Gasteiger partial charge in [0.15, 0.2) is 11.5 Å². The van der Waals surface area contributed by atoms with Gasteiger partial charge in [-0.2, -0.15) is 0 Å². The molecule has 0 fully saturated rings. The number of amides is 1. The molecule has 0 saturated heterocycles. The van der Waals surface area contributed by atoms with Gasteiger partial charge in [-0.05, 0) is 54.4 Å². The van der Waals surface area contributed by atoms with Crippen molar-refractivity contribution in [2.45, 2.75) is 24.0 Å². The molecule has 0 spiro atoms. The van der Waals surface area contributed by atoms with E-state index in [1.54, 1.807) is 7.11 Å². The standard InChI is InChI=1S/C24H25NO4S/c1-18-11-12-22(23(15-18)28-2)29-14-13-24(26)25-20-8-6-7-19(16-20)17-30(27)21-9-4-3-5-10-21/h3-12,15-16H,13-14,17H2,1-2H3,(H,25,26). The monoisotopic (exact) mass is 423 g/mol. The van der Waals surface area contributed by atoms with Crippen LogP contribution in [0.25, 0.3) is 0 Å². The molecule has 0 aromatic heterocycles. The van der Waals surface area contributed by atoms with Crippen molar-refractivity contribution < 1.29 is 18.5 Å². The summed E-state index contributed by atoms with van der Waals surface area (Å²) in [7, 11) is 0.458. The van der Waals surface area contributed by atoms with Gasteiger partial charge in [-0.25, -0.2) is 0 Å². The van der Waals surface area contributed by atoms with Crippen LogP contribution in [0.1, 0.15) is 17.5 Å². The average molecular weight is 424 g/mol. The van der Waals surface area contributed by atoms with Crippen molar-refractivity contribution in [1.82, 2.24) is 0 Å². The summed E-state index contributed by atoms with van der Waals surface area (Å²) in [4.78, 5) is 13.1. The number of ether oxygens (including phenoxy) is 2. The van der Waals surface area contributed by atoms with E-state index in [2.05, 4.69) is 5.32 Å². The first-order valence-corrected chi connectivity index (χ1v) is 11.0. The highest BCUT2D eigenvalue weighted by Gasteiger charge is 2.09. The highest BCUT2D eigenvalue weighted by atomic mass is 32.2. The largest absolute Gasteiger partial charge is 0.493 e. The van der Waals surface area contributed by atoms with E-state index in [0.29, 0.717) is 22.9 Å². The van der Waals surface area contributed by atoms with E-state index < -0.39 is 10.8 Å². The molecule has 0 heterocycles. The van der Waals surface area contributed by atoms with E-state index in [-0.39, 0.29) is 18.9 Å². The molecule has 0 saturated carbocycles. The predicted octanol–water partition coefficient (Wildman–Crippen LogP) is 4.72. The summed E-state index contributed by atoms with van der Waals surface area (Å²) in [6, 6.07) is 22.4. The van der Waals surface area contributed by atoms with Gasteiger partial charge < -0.3 is 14.8 Å². The van der Waals surface area contributed by atoms with Crippen LogP contribution in [-0.2, 0) is 21.3 Å². The van der Waals surface area contributed by atoms with Gasteiger partial charge in [-0.3, -0.25) is 9.00 Å². The van der Waals surface area contributed by atoms with Gasteiger partial charge in [0.1, 0.15) is 0 Å². The number of hydrogen-bond acceptors (Lipinski definition) is 4. The Morgan fingerprint density at radius 3 is 2.53 bits per heavy atom. The third kappa shape index (κ3) is 6.19. The molecule has 1 N–H and O–H groups in total. The second-order valence-corrected chi connectivity index (χ2v) is 8.26. The van der Waals surface area contributed by atoms with E-state index in [4.69, 9.17) is 9.47 Å². The number of methoxy groups -OCH3 is 1. The Morgan fingerprint density at radius 2 is 1.77 bits per heavy atom. The van der Waals surface area contributed by atoms with Crippen molar-refractivity contribution in [3.63, 3.8) is 0 Å². The normalized spacial score (nSPS) is 11.5. The number of anilines is 1. The molecule has 0 radical (unpaired) electrons. The van der Waals surface area contributed by atoms with Gasteiger partial charge in [-0.1, -0.05) is 36.4 Å². The number of aryl methyl sites for hydroxylation is 1. The predicted molar refractivity (Wildman–Crippen MR) is 119 cm³/mol. The molecule has 1 atom stereocenters. The number of benzene rings is 3. The van der Waals surface area contributed by atoms with E-state index in [1.165, 1.54) is 0 Å². The SMILES string of the molecule is COc1cc(C)ccc1OCCC(=O)Nc1cccc(CS(=O)c2ccccc2)c1. The minimum atomic E-state index is -1.13. The number of rotatable bonds is 9. The first kappa shape index (κ1) is 21.6. The van der Waals surface area contributed by atoms with Gasteiger partial charge in [0.05, 0.1) is 36.7 Å². The van der Waals surface area contributed by atoms with Crippen molar-refractivity contribution in [2.75, 3.05) is 19.0 Å². The number of carbonyl (C=O) groups excluding carboxylic acids is 1. The second kappa shape index (κ2) is 10.6. The van der Waals surface area contributed by atoms with Gasteiger partial charge >= 0.3 is 0 Å². The Hall–Kier alpha value is -3.12. The number of hydrogen-bond donors (Lipinski definition) is 1. The lowest BCUT2D eigenvalue weighted by Gasteiger charge is -2.11. The molecule has 3 aromatic rings. The van der Waals surface area contributed by atoms with E-state index in [1.807, 2.05) is 79.7 Å². The van der Waals surface area contributed by atoms with E-state index >= 15 is 0 Å². The van der Waals surface area contributed by atoms with Crippen LogP contribution in [0.2, 0.25) is 0 Å². The fourth-order valence-electron chi connectivity index (χ4n) is 2.92. The third-order valence-electron chi connectivity index (χ3n) is 4.42. The van der Waals surface area contributed by atoms with Crippen LogP contribution < -0.4 is 14.8 Å². The van der Waals surface area contributed by atoms with Crippen LogP contribution in [0, 0.1) is 6.92 Å². The Bertz CT molecular complexity index is 1020. The van der Waals surface area contributed by atoms with Crippen LogP contribution in [0.4, 0.5) is 5.69 Å². The Balaban J connectivity index is 1.52. The molecule has 0 aliphatic rings. The van der Waals surface area contributed by atoms with Crippen molar-refractivity contribution >= 4 is 22.4 Å². The fraction of sp³-hybridized carbons (Fsp3) is 0.208. The van der Waals surface area contributed by atoms with E-state index in [0.717, 1.165) is 16.0 Å². The zero-order valence-corrected chi connectivity index (χ0v) is 17.9. The van der Waals surface area contributed by atoms with Crippen molar-refractivity contribution in [2.24, 2.45) is 0 Å². The van der Waals surface area contributed by atoms with E-state index in [9.17, 15) is 9.00 Å². The zero-order valence-electron chi connectivity index (χ0n) is 17.1. The lowest BCUT2D eigenvalue weighted by atomic mass is 10.2. The molecule has 0 aliphatic heterocycles. The van der Waals surface area contributed by atoms with Crippen molar-refractivity contribution in [3.8, 4) is 11.5 Å². The summed E-state index contributed by atoms with van der Waals surface area (Å²) in [5.74, 6) is 1.50. The number of nitrogens with one attached hydrogen (secondary N) is 1. The Kier molecular flexibility index (Phi) is 7.63. The molecule has 1 unspecified atom stereocenters. The second-order valence-electron chi connectivity index (χ2n) is 6.80. The molecule has 0 aliphatic carbocycles. The molecule has 156 valence electrons. The van der Waals surface area contributed by atoms with Crippen LogP contribution in [-0.4, -0.2) is 23.8 Å². The maximum absolute atomic E-state index is 12.5. The Labute approximate surface area is 179 Å². The maximum Gasteiger partial charge on any atom is 0.227 e.